The number of fused-ring (bicyclic) bond motifs is 1. The van der Waals surface area contributed by atoms with Crippen molar-refractivity contribution in [2.75, 3.05) is 26.0 Å². The van der Waals surface area contributed by atoms with Crippen LogP contribution in [0.25, 0.3) is 0 Å². The number of nitrogens with one attached hydrogen (secondary N) is 3. The highest BCUT2D eigenvalue weighted by Gasteiger charge is 2.46. The molecule has 1 aromatic heterocycles. The maximum Gasteiger partial charge on any atom is 0.258 e. The van der Waals surface area contributed by atoms with Gasteiger partial charge >= 0.3 is 0 Å². The fraction of sp³-hybridized carbons (Fsp3) is 0.639. The molecule has 0 radical (unpaired) electrons. The molecule has 1 saturated carbocycles. The van der Waals surface area contributed by atoms with Crippen molar-refractivity contribution < 1.29 is 32.6 Å². The Balaban J connectivity index is 1.58. The minimum atomic E-state index is -3.89. The van der Waals surface area contributed by atoms with Crippen molar-refractivity contribution in [1.82, 2.24) is 30.8 Å². The number of aromatic nitrogens is 2. The quantitative estimate of drug-likeness (QED) is 0.226. The normalized spacial score (nSPS) is 21.9. The summed E-state index contributed by atoms with van der Waals surface area (Å²) >= 11 is 0. The molecule has 1 aliphatic carbocycles. The second-order valence-electron chi connectivity index (χ2n) is 15.3. The highest BCUT2D eigenvalue weighted by molar-refractivity contribution is 7.92. The zero-order valence-electron chi connectivity index (χ0n) is 30.1. The molecule has 276 valence electrons. The first kappa shape index (κ1) is 39.2. The van der Waals surface area contributed by atoms with E-state index in [-0.39, 0.29) is 24.8 Å². The smallest absolute Gasteiger partial charge is 0.258 e. The maximum absolute atomic E-state index is 14.1. The molecule has 1 aromatic carbocycles. The number of amides is 3. The molecular weight excluding hydrogens is 660 g/mol. The Morgan fingerprint density at radius 2 is 1.70 bits per heavy atom. The highest BCUT2D eigenvalue weighted by Crippen LogP contribution is 2.39. The van der Waals surface area contributed by atoms with Gasteiger partial charge in [-0.3, -0.25) is 24.3 Å². The number of rotatable bonds is 14. The maximum atomic E-state index is 14.1. The van der Waals surface area contributed by atoms with Gasteiger partial charge in [-0.1, -0.05) is 49.6 Å². The summed E-state index contributed by atoms with van der Waals surface area (Å²) in [5.41, 5.74) is 0.408. The molecule has 2 aromatic rings. The minimum Gasteiger partial charge on any atom is -0.466 e. The molecule has 2 aliphatic rings. The second kappa shape index (κ2) is 16.6. The summed E-state index contributed by atoms with van der Waals surface area (Å²) in [4.78, 5) is 50.7. The summed E-state index contributed by atoms with van der Waals surface area (Å²) in [6.07, 6.45) is 9.38. The highest BCUT2D eigenvalue weighted by atomic mass is 32.2. The summed E-state index contributed by atoms with van der Waals surface area (Å²) < 4.78 is 29.6. The molecular formula is C36H54N6O7S. The fourth-order valence-corrected chi connectivity index (χ4v) is 7.48. The lowest BCUT2D eigenvalue weighted by Crippen LogP contribution is -2.64. The molecule has 2 fully saturated rings. The van der Waals surface area contributed by atoms with E-state index in [1.165, 1.54) is 32.4 Å². The molecule has 50 heavy (non-hydrogen) atoms. The predicted molar refractivity (Wildman–Crippen MR) is 190 cm³/mol. The summed E-state index contributed by atoms with van der Waals surface area (Å²) in [5, 5.41) is 20.5. The molecule has 0 bridgehead atoms. The molecule has 4 rings (SSSR count). The Hall–Kier alpha value is -3.62. The van der Waals surface area contributed by atoms with Crippen molar-refractivity contribution >= 4 is 27.6 Å². The van der Waals surface area contributed by atoms with Crippen LogP contribution in [0.4, 0.5) is 0 Å². The number of β-amino-alcohol motifs (C(OH)–C–C–N with tert-alkyl or cyclic N) is 1. The van der Waals surface area contributed by atoms with Crippen molar-refractivity contribution in [3.05, 3.63) is 54.5 Å². The molecule has 3 amide bonds. The Labute approximate surface area is 296 Å². The van der Waals surface area contributed by atoms with Crippen LogP contribution in [0.3, 0.4) is 0 Å². The van der Waals surface area contributed by atoms with E-state index >= 15 is 0 Å². The van der Waals surface area contributed by atoms with Gasteiger partial charge in [-0.15, -0.1) is 0 Å². The number of hydrogen-bond donors (Lipinski definition) is 4. The second-order valence-corrected chi connectivity index (χ2v) is 17.9. The Morgan fingerprint density at radius 1 is 1.02 bits per heavy atom. The number of hydrogen-bond acceptors (Lipinski definition) is 10. The molecule has 0 spiro atoms. The minimum absolute atomic E-state index is 0.0845. The fourth-order valence-electron chi connectivity index (χ4n) is 6.88. The number of carbonyl (C=O) groups is 3. The van der Waals surface area contributed by atoms with Gasteiger partial charge in [-0.25, -0.2) is 13.4 Å². The predicted octanol–water partition coefficient (Wildman–Crippen LogP) is 2.05. The lowest BCUT2D eigenvalue weighted by atomic mass is 9.72. The van der Waals surface area contributed by atoms with Gasteiger partial charge in [0.2, 0.25) is 17.7 Å². The first-order chi connectivity index (χ1) is 23.4. The molecule has 2 heterocycles. The Morgan fingerprint density at radius 3 is 2.32 bits per heavy atom. The van der Waals surface area contributed by atoms with Crippen LogP contribution in [0.5, 0.6) is 5.88 Å². The van der Waals surface area contributed by atoms with Gasteiger partial charge in [0.15, 0.2) is 16.4 Å². The number of benzene rings is 1. The number of sulfone groups is 1. The number of likely N-dealkylation sites (tertiary alicyclic amines) is 1. The number of piperidine rings is 1. The van der Waals surface area contributed by atoms with Crippen molar-refractivity contribution in [2.45, 2.75) is 108 Å². The zero-order valence-corrected chi connectivity index (χ0v) is 30.9. The van der Waals surface area contributed by atoms with E-state index in [1.807, 2.05) is 56.0 Å². The van der Waals surface area contributed by atoms with Crippen molar-refractivity contribution in [2.24, 2.45) is 11.8 Å². The largest absolute Gasteiger partial charge is 0.466 e. The van der Waals surface area contributed by atoms with Crippen molar-refractivity contribution in [3.8, 4) is 5.88 Å². The van der Waals surface area contributed by atoms with Gasteiger partial charge < -0.3 is 25.8 Å². The summed E-state index contributed by atoms with van der Waals surface area (Å²) in [6.45, 7) is 8.79. The summed E-state index contributed by atoms with van der Waals surface area (Å²) in [7, 11) is -3.89. The monoisotopic (exact) mass is 714 g/mol. The van der Waals surface area contributed by atoms with E-state index in [9.17, 15) is 27.9 Å². The zero-order chi connectivity index (χ0) is 36.7. The van der Waals surface area contributed by atoms with Crippen LogP contribution >= 0.6 is 0 Å². The van der Waals surface area contributed by atoms with Crippen LogP contribution in [0, 0.1) is 11.8 Å². The average molecular weight is 715 g/mol. The van der Waals surface area contributed by atoms with Gasteiger partial charge in [0, 0.05) is 37.3 Å². The third kappa shape index (κ3) is 10.7. The molecule has 13 nitrogen and oxygen atoms in total. The number of carbonyl (C=O) groups excluding carboxylic acids is 3. The van der Waals surface area contributed by atoms with E-state index < -0.39 is 62.8 Å². The SMILES string of the molecule is CC(C)(C)NC(=O)[C@@H]1C[C@@H]2CCCC[C@@H]2CN1C[C@@H](O)[C@H](Cc1ccccc1)NC(=O)[C@@H](NC(=O)COc1cnccn1)C(C)(C)S(C)(=O)=O. The van der Waals surface area contributed by atoms with E-state index in [1.54, 1.807) is 0 Å². The number of aliphatic hydroxyl groups is 1. The molecule has 1 saturated heterocycles. The topological polar surface area (TPSA) is 180 Å². The first-order valence-electron chi connectivity index (χ1n) is 17.4. The van der Waals surface area contributed by atoms with Crippen LogP contribution in [0.2, 0.25) is 0 Å². The molecule has 14 heteroatoms. The number of aliphatic hydroxyl groups excluding tert-OH is 1. The van der Waals surface area contributed by atoms with Gasteiger partial charge in [0.1, 0.15) is 6.04 Å². The van der Waals surface area contributed by atoms with Gasteiger partial charge in [-0.2, -0.15) is 0 Å². The van der Waals surface area contributed by atoms with Gasteiger partial charge in [0.25, 0.3) is 5.91 Å². The van der Waals surface area contributed by atoms with Gasteiger partial charge in [0.05, 0.1) is 29.1 Å². The van der Waals surface area contributed by atoms with E-state index in [0.717, 1.165) is 37.5 Å². The average Bonchev–Trinajstić information content (AvgIpc) is 3.05. The lowest BCUT2D eigenvalue weighted by molar-refractivity contribution is -0.133. The standard InChI is InChI=1S/C36H54N6O7S/c1-35(2,3)41-33(45)28-19-25-14-10-11-15-26(25)21-42(28)22-29(43)27(18-24-12-8-7-9-13-24)39-34(46)32(36(4,5)50(6,47)48)40-30(44)23-49-31-20-37-16-17-38-31/h7-9,12-13,16-17,20,25-29,32,43H,10-11,14-15,18-19,21-23H2,1-6H3,(H,39,46)(H,40,44)(H,41,45)/t25-,26+,27-,28-,29+,32+/m0/s1. The molecule has 4 N–H and O–H groups in total. The van der Waals surface area contributed by atoms with Crippen LogP contribution in [0.15, 0.2) is 48.9 Å². The lowest BCUT2D eigenvalue weighted by Gasteiger charge is -2.47. The molecule has 6 atom stereocenters. The van der Waals surface area contributed by atoms with Crippen molar-refractivity contribution in [3.63, 3.8) is 0 Å². The summed E-state index contributed by atoms with van der Waals surface area (Å²) in [6, 6.07) is 6.47. The van der Waals surface area contributed by atoms with Crippen molar-refractivity contribution in [1.29, 1.82) is 0 Å². The van der Waals surface area contributed by atoms with Crippen LogP contribution in [0.1, 0.15) is 72.3 Å². The van der Waals surface area contributed by atoms with E-state index in [2.05, 4.69) is 25.9 Å². The third-order valence-corrected chi connectivity index (χ3v) is 12.1. The van der Waals surface area contributed by atoms with Crippen LogP contribution in [-0.4, -0.2) is 107 Å². The summed E-state index contributed by atoms with van der Waals surface area (Å²) in [5.74, 6) is -0.663. The van der Waals surface area contributed by atoms with Gasteiger partial charge in [-0.05, 0) is 71.3 Å². The number of ether oxygens (including phenoxy) is 1. The molecule has 0 unspecified atom stereocenters. The third-order valence-electron chi connectivity index (χ3n) is 9.92. The van der Waals surface area contributed by atoms with E-state index in [4.69, 9.17) is 4.74 Å². The first-order valence-corrected chi connectivity index (χ1v) is 19.3. The molecule has 1 aliphatic heterocycles. The Kier molecular flexibility index (Phi) is 13.0. The number of nitrogens with zero attached hydrogens (tertiary/aromatic N) is 3. The Bertz CT molecular complexity index is 1550. The van der Waals surface area contributed by atoms with Crippen LogP contribution in [-0.2, 0) is 30.6 Å². The van der Waals surface area contributed by atoms with Crippen LogP contribution < -0.4 is 20.7 Å². The van der Waals surface area contributed by atoms with E-state index in [0.29, 0.717) is 24.8 Å².